The largest absolute Gasteiger partial charge is 0.576 e. The molecule has 2 heterocycles. The Morgan fingerprint density at radius 3 is 1.76 bits per heavy atom. The molecule has 0 bridgehead atoms. The van der Waals surface area contributed by atoms with Gasteiger partial charge in [-0.3, -0.25) is 9.97 Å². The van der Waals surface area contributed by atoms with Gasteiger partial charge < -0.3 is 9.31 Å². The lowest BCUT2D eigenvalue weighted by Gasteiger charge is -2.07. The fourth-order valence-electron chi connectivity index (χ4n) is 1.38. The minimum absolute atomic E-state index is 0.174. The van der Waals surface area contributed by atoms with Gasteiger partial charge in [0.05, 0.1) is 0 Å². The van der Waals surface area contributed by atoms with Crippen LogP contribution in [-0.2, 0) is 0 Å². The topological polar surface area (TPSA) is 44.2 Å². The van der Waals surface area contributed by atoms with Crippen molar-refractivity contribution in [1.82, 2.24) is 9.97 Å². The number of rotatable bonds is 4. The molecule has 0 N–H and O–H groups in total. The van der Waals surface area contributed by atoms with Gasteiger partial charge in [0.15, 0.2) is 0 Å². The molecule has 0 unspecified atom stereocenters. The SMILES string of the molecule is Cc1cc(OBOc2ccnc(C)c2)ccn1. The third kappa shape index (κ3) is 3.48. The monoisotopic (exact) mass is 228 g/mol. The van der Waals surface area contributed by atoms with E-state index in [2.05, 4.69) is 9.97 Å². The highest BCUT2D eigenvalue weighted by Crippen LogP contribution is 2.12. The summed E-state index contributed by atoms with van der Waals surface area (Å²) in [7, 11) is 0.174. The highest BCUT2D eigenvalue weighted by molar-refractivity contribution is 6.20. The summed E-state index contributed by atoms with van der Waals surface area (Å²) in [4.78, 5) is 8.18. The lowest BCUT2D eigenvalue weighted by Crippen LogP contribution is -2.11. The minimum atomic E-state index is 0.174. The van der Waals surface area contributed by atoms with Crippen molar-refractivity contribution in [3.05, 3.63) is 48.0 Å². The smallest absolute Gasteiger partial charge is 0.528 e. The Morgan fingerprint density at radius 2 is 1.35 bits per heavy atom. The average molecular weight is 228 g/mol. The molecule has 0 aliphatic heterocycles. The quantitative estimate of drug-likeness (QED) is 0.748. The Bertz CT molecular complexity index is 460. The van der Waals surface area contributed by atoms with E-state index in [0.717, 1.165) is 22.9 Å². The summed E-state index contributed by atoms with van der Waals surface area (Å²) in [5.74, 6) is 1.51. The first-order valence-electron chi connectivity index (χ1n) is 5.35. The summed E-state index contributed by atoms with van der Waals surface area (Å²) in [5, 5.41) is 0. The van der Waals surface area contributed by atoms with Gasteiger partial charge in [0.2, 0.25) is 0 Å². The van der Waals surface area contributed by atoms with Gasteiger partial charge in [-0.2, -0.15) is 0 Å². The molecule has 5 heteroatoms. The van der Waals surface area contributed by atoms with E-state index in [1.54, 1.807) is 24.5 Å². The molecule has 0 saturated carbocycles. The van der Waals surface area contributed by atoms with Gasteiger partial charge in [0, 0.05) is 23.8 Å². The third-order valence-electron chi connectivity index (χ3n) is 2.19. The minimum Gasteiger partial charge on any atom is -0.528 e. The molecule has 0 fully saturated rings. The molecule has 86 valence electrons. The first-order chi connectivity index (χ1) is 8.24. The zero-order chi connectivity index (χ0) is 12.1. The Labute approximate surface area is 101 Å². The van der Waals surface area contributed by atoms with Gasteiger partial charge >= 0.3 is 7.69 Å². The zero-order valence-electron chi connectivity index (χ0n) is 9.88. The maximum atomic E-state index is 5.45. The Balaban J connectivity index is 1.87. The van der Waals surface area contributed by atoms with Crippen molar-refractivity contribution >= 4 is 7.69 Å². The summed E-state index contributed by atoms with van der Waals surface area (Å²) < 4.78 is 10.9. The van der Waals surface area contributed by atoms with Crippen molar-refractivity contribution in [2.75, 3.05) is 0 Å². The van der Waals surface area contributed by atoms with Crippen LogP contribution in [0.4, 0.5) is 0 Å². The molecule has 0 saturated heterocycles. The van der Waals surface area contributed by atoms with Crippen molar-refractivity contribution in [3.8, 4) is 11.5 Å². The zero-order valence-corrected chi connectivity index (χ0v) is 9.88. The highest BCUT2D eigenvalue weighted by atomic mass is 16.6. The van der Waals surface area contributed by atoms with Gasteiger partial charge in [-0.25, -0.2) is 0 Å². The van der Waals surface area contributed by atoms with Crippen LogP contribution >= 0.6 is 0 Å². The molecule has 0 aliphatic carbocycles. The van der Waals surface area contributed by atoms with Crippen molar-refractivity contribution in [2.24, 2.45) is 0 Å². The number of aromatic nitrogens is 2. The van der Waals surface area contributed by atoms with E-state index in [9.17, 15) is 0 Å². The van der Waals surface area contributed by atoms with E-state index in [4.69, 9.17) is 9.31 Å². The van der Waals surface area contributed by atoms with Crippen molar-refractivity contribution in [3.63, 3.8) is 0 Å². The second kappa shape index (κ2) is 5.34. The van der Waals surface area contributed by atoms with Gasteiger partial charge in [-0.15, -0.1) is 0 Å². The second-order valence-electron chi connectivity index (χ2n) is 3.67. The molecule has 17 heavy (non-hydrogen) atoms. The first-order valence-corrected chi connectivity index (χ1v) is 5.35. The number of hydrogen-bond donors (Lipinski definition) is 0. The highest BCUT2D eigenvalue weighted by Gasteiger charge is 2.00. The maximum Gasteiger partial charge on any atom is 0.576 e. The van der Waals surface area contributed by atoms with Crippen molar-refractivity contribution in [1.29, 1.82) is 0 Å². The van der Waals surface area contributed by atoms with E-state index in [1.807, 2.05) is 26.0 Å². The molecule has 0 aliphatic rings. The van der Waals surface area contributed by atoms with Gasteiger partial charge in [-0.05, 0) is 38.1 Å². The second-order valence-corrected chi connectivity index (χ2v) is 3.67. The van der Waals surface area contributed by atoms with Gasteiger partial charge in [-0.1, -0.05) is 0 Å². The van der Waals surface area contributed by atoms with Crippen LogP contribution < -0.4 is 9.31 Å². The molecule has 0 amide bonds. The Hall–Kier alpha value is -2.04. The Morgan fingerprint density at radius 1 is 0.882 bits per heavy atom. The normalized spacial score (nSPS) is 9.76. The van der Waals surface area contributed by atoms with Crippen LogP contribution in [0.5, 0.6) is 11.5 Å². The van der Waals surface area contributed by atoms with E-state index in [1.165, 1.54) is 0 Å². The molecule has 0 aromatic carbocycles. The lowest BCUT2D eigenvalue weighted by molar-refractivity contribution is 0.458. The molecule has 0 spiro atoms. The molecular formula is C12H13BN2O2. The molecule has 2 aromatic heterocycles. The summed E-state index contributed by atoms with van der Waals surface area (Å²) in [6.45, 7) is 3.83. The van der Waals surface area contributed by atoms with Crippen molar-refractivity contribution < 1.29 is 9.31 Å². The third-order valence-corrected chi connectivity index (χ3v) is 2.19. The fraction of sp³-hybridized carbons (Fsp3) is 0.167. The van der Waals surface area contributed by atoms with Crippen LogP contribution in [0.3, 0.4) is 0 Å². The van der Waals surface area contributed by atoms with Gasteiger partial charge in [0.25, 0.3) is 0 Å². The molecule has 0 atom stereocenters. The molecule has 4 nitrogen and oxygen atoms in total. The van der Waals surface area contributed by atoms with Crippen LogP contribution in [0.2, 0.25) is 0 Å². The summed E-state index contributed by atoms with van der Waals surface area (Å²) in [5.41, 5.74) is 1.84. The lowest BCUT2D eigenvalue weighted by atomic mass is 10.3. The van der Waals surface area contributed by atoms with Crippen LogP contribution in [0, 0.1) is 13.8 Å². The van der Waals surface area contributed by atoms with E-state index in [-0.39, 0.29) is 7.69 Å². The predicted molar refractivity (Wildman–Crippen MR) is 66.4 cm³/mol. The molecule has 2 rings (SSSR count). The van der Waals surface area contributed by atoms with Gasteiger partial charge in [0.1, 0.15) is 11.5 Å². The number of pyridine rings is 2. The number of hydrogen-bond acceptors (Lipinski definition) is 4. The maximum absolute atomic E-state index is 5.45. The first kappa shape index (κ1) is 11.5. The summed E-state index contributed by atoms with van der Waals surface area (Å²) in [6.07, 6.45) is 3.42. The van der Waals surface area contributed by atoms with Crippen LogP contribution in [0.25, 0.3) is 0 Å². The van der Waals surface area contributed by atoms with Crippen LogP contribution in [-0.4, -0.2) is 17.7 Å². The molecular weight excluding hydrogens is 215 g/mol. The van der Waals surface area contributed by atoms with Crippen molar-refractivity contribution in [2.45, 2.75) is 13.8 Å². The molecule has 0 radical (unpaired) electrons. The predicted octanol–water partition coefficient (Wildman–Crippen LogP) is 1.82. The number of nitrogens with zero attached hydrogens (tertiary/aromatic N) is 2. The standard InChI is InChI=1S/C12H13BN2O2/c1-9-7-11(3-5-14-9)16-13-17-12-4-6-15-10(2)8-12/h3-8,13H,1-2H3. The Kier molecular flexibility index (Phi) is 3.60. The van der Waals surface area contributed by atoms with E-state index in [0.29, 0.717) is 0 Å². The molecule has 2 aromatic rings. The van der Waals surface area contributed by atoms with Crippen LogP contribution in [0.1, 0.15) is 11.4 Å². The van der Waals surface area contributed by atoms with Crippen LogP contribution in [0.15, 0.2) is 36.7 Å². The van der Waals surface area contributed by atoms with E-state index >= 15 is 0 Å². The summed E-state index contributed by atoms with van der Waals surface area (Å²) in [6, 6.07) is 7.32. The van der Waals surface area contributed by atoms with E-state index < -0.39 is 0 Å². The fourth-order valence-corrected chi connectivity index (χ4v) is 1.38. The average Bonchev–Trinajstić information content (AvgIpc) is 2.29. The summed E-state index contributed by atoms with van der Waals surface area (Å²) >= 11 is 0. The number of aryl methyl sites for hydroxylation is 2.